The van der Waals surface area contributed by atoms with Crippen LogP contribution in [-0.2, 0) is 14.9 Å². The summed E-state index contributed by atoms with van der Waals surface area (Å²) in [5, 5.41) is 0. The van der Waals surface area contributed by atoms with Crippen molar-refractivity contribution in [3.05, 3.63) is 0 Å². The third-order valence-electron chi connectivity index (χ3n) is 4.36. The molecule has 8 nitrogen and oxygen atoms in total. The van der Waals surface area contributed by atoms with Gasteiger partial charge in [0.05, 0.1) is 19.3 Å². The lowest BCUT2D eigenvalue weighted by atomic mass is 10.1. The normalized spacial score (nSPS) is 27.2. The molecule has 0 saturated carbocycles. The maximum atomic E-state index is 12.4. The molecule has 24 heavy (non-hydrogen) atoms. The number of nitrogens with zero attached hydrogens (tertiary/aromatic N) is 4. The van der Waals surface area contributed by atoms with E-state index in [1.165, 1.54) is 4.31 Å². The molecule has 0 bridgehead atoms. The van der Waals surface area contributed by atoms with Gasteiger partial charge in [0, 0.05) is 39.8 Å². The molecule has 2 rings (SSSR count). The Labute approximate surface area is 162 Å². The molecule has 2 aliphatic rings. The minimum Gasteiger partial charge on any atom is -0.375 e. The van der Waals surface area contributed by atoms with Gasteiger partial charge in [0.15, 0.2) is 5.96 Å². The topological polar surface area (TPSA) is 91.5 Å². The van der Waals surface area contributed by atoms with Crippen molar-refractivity contribution < 1.29 is 13.2 Å². The molecule has 0 amide bonds. The highest BCUT2D eigenvalue weighted by atomic mass is 127. The van der Waals surface area contributed by atoms with Crippen LogP contribution in [0, 0.1) is 0 Å². The van der Waals surface area contributed by atoms with E-state index in [-0.39, 0.29) is 36.1 Å². The van der Waals surface area contributed by atoms with Crippen LogP contribution in [0.2, 0.25) is 0 Å². The Kier molecular flexibility index (Phi) is 8.66. The molecule has 2 N–H and O–H groups in total. The first-order valence-electron chi connectivity index (χ1n) is 8.18. The number of ether oxygens (including phenoxy) is 1. The zero-order valence-corrected chi connectivity index (χ0v) is 17.9. The molecule has 0 aromatic heterocycles. The Bertz CT molecular complexity index is 529. The zero-order chi connectivity index (χ0) is 17.0. The maximum absolute atomic E-state index is 12.4. The van der Waals surface area contributed by atoms with E-state index in [9.17, 15) is 8.42 Å². The zero-order valence-electron chi connectivity index (χ0n) is 14.7. The highest BCUT2D eigenvalue weighted by Gasteiger charge is 2.33. The van der Waals surface area contributed by atoms with Gasteiger partial charge in [-0.3, -0.25) is 4.99 Å². The van der Waals surface area contributed by atoms with Crippen LogP contribution in [0.1, 0.15) is 26.2 Å². The number of piperidine rings is 1. The van der Waals surface area contributed by atoms with Gasteiger partial charge in [-0.25, -0.2) is 0 Å². The number of rotatable bonds is 4. The van der Waals surface area contributed by atoms with Crippen molar-refractivity contribution in [1.29, 1.82) is 0 Å². The fourth-order valence-electron chi connectivity index (χ4n) is 3.00. The summed E-state index contributed by atoms with van der Waals surface area (Å²) in [7, 11) is -0.281. The van der Waals surface area contributed by atoms with Crippen LogP contribution in [0.4, 0.5) is 0 Å². The van der Waals surface area contributed by atoms with E-state index < -0.39 is 10.2 Å². The van der Waals surface area contributed by atoms with E-state index in [1.54, 1.807) is 18.4 Å². The minimum atomic E-state index is -3.41. The lowest BCUT2D eigenvalue weighted by Gasteiger charge is -2.36. The molecule has 0 aliphatic carbocycles. The lowest BCUT2D eigenvalue weighted by molar-refractivity contribution is 0.00526. The van der Waals surface area contributed by atoms with Gasteiger partial charge in [0.2, 0.25) is 0 Å². The molecular weight excluding hydrogens is 445 g/mol. The van der Waals surface area contributed by atoms with Gasteiger partial charge in [0.25, 0.3) is 10.2 Å². The highest BCUT2D eigenvalue weighted by molar-refractivity contribution is 14.0. The molecule has 0 spiro atoms. The van der Waals surface area contributed by atoms with Crippen molar-refractivity contribution >= 4 is 40.1 Å². The lowest BCUT2D eigenvalue weighted by Crippen LogP contribution is -2.51. The number of aliphatic imine (C=N–C) groups is 1. The van der Waals surface area contributed by atoms with Crippen molar-refractivity contribution in [2.24, 2.45) is 10.7 Å². The van der Waals surface area contributed by atoms with Crippen molar-refractivity contribution in [3.8, 4) is 0 Å². The van der Waals surface area contributed by atoms with Gasteiger partial charge in [-0.15, -0.1) is 24.0 Å². The van der Waals surface area contributed by atoms with Crippen LogP contribution >= 0.6 is 24.0 Å². The van der Waals surface area contributed by atoms with E-state index >= 15 is 0 Å². The van der Waals surface area contributed by atoms with Crippen LogP contribution in [0.15, 0.2) is 4.99 Å². The van der Waals surface area contributed by atoms with E-state index in [1.807, 2.05) is 11.8 Å². The van der Waals surface area contributed by atoms with Gasteiger partial charge >= 0.3 is 0 Å². The second-order valence-corrected chi connectivity index (χ2v) is 8.47. The monoisotopic (exact) mass is 475 g/mol. The fourth-order valence-corrected chi connectivity index (χ4v) is 4.32. The number of guanidine groups is 1. The van der Waals surface area contributed by atoms with Gasteiger partial charge in [-0.05, 0) is 19.8 Å². The average molecular weight is 475 g/mol. The van der Waals surface area contributed by atoms with Crippen LogP contribution < -0.4 is 5.73 Å². The Balaban J connectivity index is 0.00000288. The van der Waals surface area contributed by atoms with Gasteiger partial charge in [0.1, 0.15) is 0 Å². The minimum absolute atomic E-state index is 0. The Hall–Kier alpha value is -0.170. The molecule has 2 fully saturated rings. The van der Waals surface area contributed by atoms with Gasteiger partial charge < -0.3 is 15.4 Å². The Morgan fingerprint density at radius 1 is 1.33 bits per heavy atom. The van der Waals surface area contributed by atoms with Gasteiger partial charge in [-0.2, -0.15) is 17.0 Å². The molecule has 0 aromatic carbocycles. The van der Waals surface area contributed by atoms with Crippen LogP contribution in [-0.4, -0.2) is 86.9 Å². The summed E-state index contributed by atoms with van der Waals surface area (Å²) in [6.45, 7) is 5.05. The number of hydrogen-bond acceptors (Lipinski definition) is 4. The molecule has 10 heteroatoms. The van der Waals surface area contributed by atoms with E-state index in [0.29, 0.717) is 25.7 Å². The van der Waals surface area contributed by atoms with Crippen molar-refractivity contribution in [2.45, 2.75) is 38.3 Å². The van der Waals surface area contributed by atoms with E-state index in [0.717, 1.165) is 32.4 Å². The van der Waals surface area contributed by atoms with E-state index in [2.05, 4.69) is 4.99 Å². The van der Waals surface area contributed by atoms with E-state index in [4.69, 9.17) is 10.5 Å². The second kappa shape index (κ2) is 9.51. The van der Waals surface area contributed by atoms with Crippen molar-refractivity contribution in [1.82, 2.24) is 13.5 Å². The third kappa shape index (κ3) is 5.41. The SMILES string of the molecule is CC1CN(C(N)=NCC2CCCCN2S(=O)(=O)N(C)C)CCO1.I. The first kappa shape index (κ1) is 21.9. The van der Waals surface area contributed by atoms with Crippen molar-refractivity contribution in [3.63, 3.8) is 0 Å². The molecule has 2 atom stereocenters. The molecular formula is C14H30IN5O3S. The summed E-state index contributed by atoms with van der Waals surface area (Å²) in [5.74, 6) is 0.480. The third-order valence-corrected chi connectivity index (χ3v) is 6.36. The number of halogens is 1. The predicted octanol–water partition coefficient (Wildman–Crippen LogP) is 0.301. The van der Waals surface area contributed by atoms with Crippen LogP contribution in [0.3, 0.4) is 0 Å². The summed E-state index contributed by atoms with van der Waals surface area (Å²) in [6.07, 6.45) is 2.87. The molecule has 142 valence electrons. The molecule has 2 aliphatic heterocycles. The Morgan fingerprint density at radius 3 is 2.67 bits per heavy atom. The molecule has 0 aromatic rings. The smallest absolute Gasteiger partial charge is 0.281 e. The fraction of sp³-hybridized carbons (Fsp3) is 0.929. The summed E-state index contributed by atoms with van der Waals surface area (Å²) < 4.78 is 33.2. The number of morpholine rings is 1. The molecule has 0 radical (unpaired) electrons. The predicted molar refractivity (Wildman–Crippen MR) is 106 cm³/mol. The van der Waals surface area contributed by atoms with Crippen molar-refractivity contribution in [2.75, 3.05) is 46.9 Å². The Morgan fingerprint density at radius 2 is 2.04 bits per heavy atom. The van der Waals surface area contributed by atoms with Gasteiger partial charge in [-0.1, -0.05) is 6.42 Å². The first-order valence-corrected chi connectivity index (χ1v) is 9.58. The highest BCUT2D eigenvalue weighted by Crippen LogP contribution is 2.22. The average Bonchev–Trinajstić information content (AvgIpc) is 2.52. The standard InChI is InChI=1S/C14H29N5O3S.HI/c1-12-11-18(8-9-22-12)14(15)16-10-13-6-4-5-7-19(13)23(20,21)17(2)3;/h12-13H,4-11H2,1-3H3,(H2,15,16);1H. The summed E-state index contributed by atoms with van der Waals surface area (Å²) >= 11 is 0. The second-order valence-electron chi connectivity index (χ2n) is 6.38. The van der Waals surface area contributed by atoms with Crippen LogP contribution in [0.5, 0.6) is 0 Å². The van der Waals surface area contributed by atoms with Crippen LogP contribution in [0.25, 0.3) is 0 Å². The molecule has 2 unspecified atom stereocenters. The summed E-state index contributed by atoms with van der Waals surface area (Å²) in [6, 6.07) is -0.117. The molecule has 2 heterocycles. The quantitative estimate of drug-likeness (QED) is 0.359. The first-order chi connectivity index (χ1) is 10.8. The number of nitrogens with two attached hydrogens (primary N) is 1. The summed E-state index contributed by atoms with van der Waals surface area (Å²) in [4.78, 5) is 6.47. The maximum Gasteiger partial charge on any atom is 0.281 e. The molecule has 2 saturated heterocycles. The number of hydrogen-bond donors (Lipinski definition) is 1. The summed E-state index contributed by atoms with van der Waals surface area (Å²) in [5.41, 5.74) is 6.08. The largest absolute Gasteiger partial charge is 0.375 e.